The smallest absolute Gasteiger partial charge is 0.0909 e. The summed E-state index contributed by atoms with van der Waals surface area (Å²) in [6.45, 7) is 0. The zero-order valence-corrected chi connectivity index (χ0v) is 22.5. The van der Waals surface area contributed by atoms with Crippen molar-refractivity contribution in [2.24, 2.45) is 0 Å². The number of rotatable bonds is 4. The van der Waals surface area contributed by atoms with Crippen LogP contribution in [0.25, 0.3) is 51.6 Å². The number of fused-ring (bicyclic) bond motifs is 6. The summed E-state index contributed by atoms with van der Waals surface area (Å²) >= 11 is 3.67. The fourth-order valence-corrected chi connectivity index (χ4v) is 7.79. The van der Waals surface area contributed by atoms with Gasteiger partial charge >= 0.3 is 0 Å². The van der Waals surface area contributed by atoms with Crippen molar-refractivity contribution in [1.29, 1.82) is 0 Å². The number of anilines is 3. The topological polar surface area (TPSA) is 16.1 Å². The molecule has 0 N–H and O–H groups in total. The largest absolute Gasteiger partial charge is 0.309 e. The normalized spacial score (nSPS) is 11.6. The van der Waals surface area contributed by atoms with Crippen LogP contribution in [0.15, 0.2) is 134 Å². The van der Waals surface area contributed by atoms with E-state index in [-0.39, 0.29) is 0 Å². The second-order valence-electron chi connectivity index (χ2n) is 9.63. The Labute approximate surface area is 234 Å². The molecule has 39 heavy (non-hydrogen) atoms. The van der Waals surface area contributed by atoms with E-state index in [1.807, 2.05) is 28.9 Å². The van der Waals surface area contributed by atoms with Crippen LogP contribution in [0.2, 0.25) is 0 Å². The van der Waals surface area contributed by atoms with Gasteiger partial charge in [-0.15, -0.1) is 22.7 Å². The van der Waals surface area contributed by atoms with Gasteiger partial charge in [-0.2, -0.15) is 0 Å². The van der Waals surface area contributed by atoms with Crippen molar-refractivity contribution in [1.82, 2.24) is 4.98 Å². The molecule has 0 atom stereocenters. The third-order valence-electron chi connectivity index (χ3n) is 7.33. The summed E-state index contributed by atoms with van der Waals surface area (Å²) in [6.07, 6.45) is 1.94. The molecule has 4 heteroatoms. The van der Waals surface area contributed by atoms with E-state index in [0.29, 0.717) is 0 Å². The minimum absolute atomic E-state index is 1.06. The monoisotopic (exact) mass is 534 g/mol. The highest BCUT2D eigenvalue weighted by Crippen LogP contribution is 2.45. The van der Waals surface area contributed by atoms with Crippen molar-refractivity contribution < 1.29 is 0 Å². The number of aromatic nitrogens is 1. The molecule has 5 aromatic carbocycles. The zero-order valence-electron chi connectivity index (χ0n) is 20.9. The maximum absolute atomic E-state index is 4.82. The Bertz CT molecular complexity index is 2120. The fourth-order valence-electron chi connectivity index (χ4n) is 5.48. The third-order valence-corrected chi connectivity index (χ3v) is 9.65. The van der Waals surface area contributed by atoms with Gasteiger partial charge in [0.1, 0.15) is 0 Å². The second-order valence-corrected chi connectivity index (χ2v) is 11.8. The number of pyridine rings is 1. The summed E-state index contributed by atoms with van der Waals surface area (Å²) < 4.78 is 5.06. The minimum atomic E-state index is 1.06. The molecule has 0 aliphatic carbocycles. The summed E-state index contributed by atoms with van der Waals surface area (Å²) in [5, 5.41) is 3.83. The van der Waals surface area contributed by atoms with Crippen molar-refractivity contribution in [2.75, 3.05) is 4.90 Å². The van der Waals surface area contributed by atoms with Crippen molar-refractivity contribution in [3.05, 3.63) is 134 Å². The van der Waals surface area contributed by atoms with Crippen LogP contribution in [-0.2, 0) is 0 Å². The highest BCUT2D eigenvalue weighted by Gasteiger charge is 2.19. The molecule has 0 unspecified atom stereocenters. The molecule has 0 fully saturated rings. The molecule has 184 valence electrons. The van der Waals surface area contributed by atoms with E-state index in [1.54, 1.807) is 0 Å². The molecule has 0 bridgehead atoms. The Morgan fingerprint density at radius 2 is 1.13 bits per heavy atom. The van der Waals surface area contributed by atoms with Gasteiger partial charge in [0.2, 0.25) is 0 Å². The van der Waals surface area contributed by atoms with Crippen LogP contribution in [0.1, 0.15) is 0 Å². The molecule has 8 rings (SSSR count). The molecule has 0 spiro atoms. The minimum Gasteiger partial charge on any atom is -0.309 e. The lowest BCUT2D eigenvalue weighted by atomic mass is 10.0. The van der Waals surface area contributed by atoms with Gasteiger partial charge in [-0.05, 0) is 53.6 Å². The van der Waals surface area contributed by atoms with Crippen molar-refractivity contribution in [2.45, 2.75) is 0 Å². The SMILES string of the molecule is c1ccc(-c2ccc(N(c3ccc4c(c3)sc3ccccc34)c3ccnc4c3sc3ccccc34)cc2)cc1. The van der Waals surface area contributed by atoms with Crippen LogP contribution in [0.4, 0.5) is 17.1 Å². The molecule has 0 saturated heterocycles. The van der Waals surface area contributed by atoms with Gasteiger partial charge in [0.15, 0.2) is 0 Å². The van der Waals surface area contributed by atoms with Crippen LogP contribution in [0.3, 0.4) is 0 Å². The molecule has 8 aromatic rings. The number of nitrogens with zero attached hydrogens (tertiary/aromatic N) is 2. The molecule has 0 aliphatic heterocycles. The highest BCUT2D eigenvalue weighted by molar-refractivity contribution is 7.26. The molecule has 0 radical (unpaired) electrons. The van der Waals surface area contributed by atoms with Crippen molar-refractivity contribution in [3.63, 3.8) is 0 Å². The molecule has 3 heterocycles. The van der Waals surface area contributed by atoms with Crippen molar-refractivity contribution >= 4 is 80.2 Å². The first kappa shape index (κ1) is 22.5. The standard InChI is InChI=1S/C35H22N2S2/c1-2-8-23(9-3-1)24-14-16-25(17-15-24)37(26-18-19-28-27-10-4-6-12-31(27)38-33(28)22-26)30-20-21-36-34-29-11-5-7-13-32(29)39-35(30)34/h1-22H. The van der Waals surface area contributed by atoms with Crippen LogP contribution >= 0.6 is 22.7 Å². The van der Waals surface area contributed by atoms with E-state index in [0.717, 1.165) is 22.6 Å². The summed E-state index contributed by atoms with van der Waals surface area (Å²) in [5.74, 6) is 0. The van der Waals surface area contributed by atoms with Gasteiger partial charge in [-0.25, -0.2) is 0 Å². The molecule has 0 aliphatic rings. The first-order valence-electron chi connectivity index (χ1n) is 13.0. The van der Waals surface area contributed by atoms with E-state index in [2.05, 4.69) is 132 Å². The molecule has 0 saturated carbocycles. The van der Waals surface area contributed by atoms with Crippen LogP contribution in [0.5, 0.6) is 0 Å². The van der Waals surface area contributed by atoms with Gasteiger partial charge < -0.3 is 4.90 Å². The Morgan fingerprint density at radius 1 is 0.487 bits per heavy atom. The number of benzene rings is 5. The lowest BCUT2D eigenvalue weighted by Gasteiger charge is -2.26. The van der Waals surface area contributed by atoms with E-state index in [4.69, 9.17) is 4.98 Å². The maximum Gasteiger partial charge on any atom is 0.0909 e. The molecule has 2 nitrogen and oxygen atoms in total. The van der Waals surface area contributed by atoms with Crippen molar-refractivity contribution in [3.8, 4) is 11.1 Å². The van der Waals surface area contributed by atoms with Crippen LogP contribution < -0.4 is 4.90 Å². The Kier molecular flexibility index (Phi) is 5.22. The average Bonchev–Trinajstić information content (AvgIpc) is 3.57. The first-order chi connectivity index (χ1) is 19.3. The molecule has 3 aromatic heterocycles. The summed E-state index contributed by atoms with van der Waals surface area (Å²) in [6, 6.07) is 45.7. The Morgan fingerprint density at radius 3 is 1.95 bits per heavy atom. The predicted molar refractivity (Wildman–Crippen MR) is 170 cm³/mol. The van der Waals surface area contributed by atoms with E-state index in [1.165, 1.54) is 46.1 Å². The molecule has 0 amide bonds. The van der Waals surface area contributed by atoms with Crippen LogP contribution in [0, 0.1) is 0 Å². The second kappa shape index (κ2) is 9.05. The quantitative estimate of drug-likeness (QED) is 0.223. The number of thiophene rings is 2. The van der Waals surface area contributed by atoms with Gasteiger partial charge in [-0.3, -0.25) is 4.98 Å². The summed E-state index contributed by atoms with van der Waals surface area (Å²) in [5.41, 5.74) is 6.90. The number of hydrogen-bond donors (Lipinski definition) is 0. The Balaban J connectivity index is 1.35. The molecular weight excluding hydrogens is 513 g/mol. The van der Waals surface area contributed by atoms with Gasteiger partial charge in [0, 0.05) is 47.8 Å². The lowest BCUT2D eigenvalue weighted by Crippen LogP contribution is -2.10. The maximum atomic E-state index is 4.82. The van der Waals surface area contributed by atoms with Gasteiger partial charge in [0.05, 0.1) is 15.9 Å². The average molecular weight is 535 g/mol. The number of hydrogen-bond acceptors (Lipinski definition) is 4. The third kappa shape index (κ3) is 3.72. The lowest BCUT2D eigenvalue weighted by molar-refractivity contribution is 1.29. The predicted octanol–water partition coefficient (Wildman–Crippen LogP) is 11.0. The van der Waals surface area contributed by atoms with E-state index in [9.17, 15) is 0 Å². The Hall–Kier alpha value is -4.51. The van der Waals surface area contributed by atoms with E-state index >= 15 is 0 Å². The highest BCUT2D eigenvalue weighted by atomic mass is 32.1. The summed E-state index contributed by atoms with van der Waals surface area (Å²) in [4.78, 5) is 7.20. The summed E-state index contributed by atoms with van der Waals surface area (Å²) in [7, 11) is 0. The van der Waals surface area contributed by atoms with Gasteiger partial charge in [-0.1, -0.05) is 84.9 Å². The first-order valence-corrected chi connectivity index (χ1v) is 14.6. The zero-order chi connectivity index (χ0) is 25.8. The van der Waals surface area contributed by atoms with E-state index < -0.39 is 0 Å². The van der Waals surface area contributed by atoms with Gasteiger partial charge in [0.25, 0.3) is 0 Å². The molecular formula is C35H22N2S2. The fraction of sp³-hybridized carbons (Fsp3) is 0. The van der Waals surface area contributed by atoms with Crippen LogP contribution in [-0.4, -0.2) is 4.98 Å².